The first-order valence-electron chi connectivity index (χ1n) is 28.3. The molecule has 1 heterocycles. The zero-order valence-corrected chi connectivity index (χ0v) is 51.2. The number of amides is 4. The number of nitrogens with zero attached hydrogens (tertiary/aromatic N) is 2. The molecule has 0 spiro atoms. The monoisotopic (exact) mass is 1170 g/mol. The average molecular weight is 1170 g/mol. The highest BCUT2D eigenvalue weighted by atomic mass is 16.6. The van der Waals surface area contributed by atoms with Crippen molar-refractivity contribution in [2.75, 3.05) is 100 Å². The Kier molecular flexibility index (Phi) is 31.8. The number of ketones is 1. The van der Waals surface area contributed by atoms with Crippen LogP contribution in [0.15, 0.2) is 79.0 Å². The molecule has 22 heteroatoms. The molecule has 464 valence electrons. The van der Waals surface area contributed by atoms with Crippen LogP contribution in [0.4, 0.5) is 14.4 Å². The van der Waals surface area contributed by atoms with Gasteiger partial charge in [-0.1, -0.05) is 116 Å². The van der Waals surface area contributed by atoms with Gasteiger partial charge in [-0.3, -0.25) is 20.0 Å². The molecule has 83 heavy (non-hydrogen) atoms. The number of rotatable bonds is 37. The third-order valence-corrected chi connectivity index (χ3v) is 12.6. The lowest BCUT2D eigenvalue weighted by atomic mass is 9.79. The van der Waals surface area contributed by atoms with Crippen molar-refractivity contribution < 1.29 is 76.1 Å². The lowest BCUT2D eigenvalue weighted by Crippen LogP contribution is -2.58. The number of esters is 1. The van der Waals surface area contributed by atoms with E-state index in [1.165, 1.54) is 7.11 Å². The standard InChI is InChI=1S/C61H94N6O16/c1-43(2)51(63-58(73)83-61(9,10)11)55(70)82-50(42-67(66-54(69)53(60(6,7)8)65-56(71)75-13)41-45-22-24-46(25-23-45)48-21-17-18-26-62-48)47(39-44-19-15-14-16-20-44)40-49(68)52(59(3,4)5)64-57(72)81-38-37-80-36-35-79-34-33-78-32-31-77-30-29-76-28-27-74-12/h14-26,43,47,50-53H,27-42H2,1-13H3,(H,63,73)(H,64,72)(H,65,71)(H,66,69). The van der Waals surface area contributed by atoms with Gasteiger partial charge in [0.05, 0.1) is 98.1 Å². The number of carbonyl (C=O) groups excluding carboxylic acids is 6. The van der Waals surface area contributed by atoms with Gasteiger partial charge in [0.1, 0.15) is 30.4 Å². The molecule has 5 unspecified atom stereocenters. The molecule has 0 radical (unpaired) electrons. The number of carbonyl (C=O) groups is 6. The zero-order valence-electron chi connectivity index (χ0n) is 51.2. The molecule has 22 nitrogen and oxygen atoms in total. The summed E-state index contributed by atoms with van der Waals surface area (Å²) in [6, 6.07) is 19.0. The highest BCUT2D eigenvalue weighted by Gasteiger charge is 2.40. The van der Waals surface area contributed by atoms with E-state index < -0.39 is 88.4 Å². The fourth-order valence-corrected chi connectivity index (χ4v) is 8.30. The van der Waals surface area contributed by atoms with Crippen LogP contribution in [-0.2, 0) is 74.7 Å². The second-order valence-corrected chi connectivity index (χ2v) is 23.3. The Balaban J connectivity index is 1.93. The Morgan fingerprint density at radius 3 is 1.60 bits per heavy atom. The van der Waals surface area contributed by atoms with Gasteiger partial charge < -0.3 is 63.3 Å². The number of alkyl carbamates (subject to hydrolysis) is 3. The third kappa shape index (κ3) is 29.2. The molecule has 5 atom stereocenters. The summed E-state index contributed by atoms with van der Waals surface area (Å²) in [5, 5.41) is 9.70. The molecule has 0 saturated carbocycles. The minimum absolute atomic E-state index is 0.0428. The van der Waals surface area contributed by atoms with E-state index in [-0.39, 0.29) is 52.4 Å². The molecule has 0 aliphatic rings. The van der Waals surface area contributed by atoms with E-state index in [9.17, 15) is 24.0 Å². The zero-order chi connectivity index (χ0) is 61.4. The molecular formula is C61H94N6O16. The summed E-state index contributed by atoms with van der Waals surface area (Å²) in [6.45, 7) is 23.3. The van der Waals surface area contributed by atoms with Gasteiger partial charge in [-0.05, 0) is 67.2 Å². The molecule has 4 amide bonds. The van der Waals surface area contributed by atoms with Crippen molar-refractivity contribution in [3.8, 4) is 11.3 Å². The number of hydrogen-bond acceptors (Lipinski definition) is 18. The van der Waals surface area contributed by atoms with Crippen molar-refractivity contribution in [3.05, 3.63) is 90.1 Å². The number of methoxy groups -OCH3 is 2. The van der Waals surface area contributed by atoms with Gasteiger partial charge >= 0.3 is 24.2 Å². The number of hydrogen-bond donors (Lipinski definition) is 4. The number of pyridine rings is 1. The molecule has 2 aromatic carbocycles. The maximum Gasteiger partial charge on any atom is 0.408 e. The Morgan fingerprint density at radius 2 is 1.11 bits per heavy atom. The van der Waals surface area contributed by atoms with Gasteiger partial charge in [0.15, 0.2) is 5.78 Å². The number of benzene rings is 2. The molecule has 0 fully saturated rings. The van der Waals surface area contributed by atoms with Crippen LogP contribution >= 0.6 is 0 Å². The first-order chi connectivity index (χ1) is 39.3. The highest BCUT2D eigenvalue weighted by Crippen LogP contribution is 2.29. The van der Waals surface area contributed by atoms with Crippen LogP contribution in [0.5, 0.6) is 0 Å². The molecule has 3 aromatic rings. The molecule has 0 bridgehead atoms. The number of aromatic nitrogens is 1. The number of Topliss-reactive ketones (excluding diaryl/α,β-unsaturated/α-hetero) is 1. The van der Waals surface area contributed by atoms with Crippen LogP contribution in [0.25, 0.3) is 11.3 Å². The summed E-state index contributed by atoms with van der Waals surface area (Å²) in [6.07, 6.45) is -2.07. The minimum Gasteiger partial charge on any atom is -0.459 e. The van der Waals surface area contributed by atoms with Gasteiger partial charge in [0.25, 0.3) is 5.91 Å². The maximum absolute atomic E-state index is 15.0. The fourth-order valence-electron chi connectivity index (χ4n) is 8.30. The first-order valence-corrected chi connectivity index (χ1v) is 28.3. The topological polar surface area (TPSA) is 259 Å². The SMILES string of the molecule is COCCOCCOCCOCCOCCOCCOC(=O)NC(C(=O)CC(Cc1ccccc1)C(CN(Cc1ccc(-c2ccccn2)cc1)NC(=O)C(NC(=O)OC)C(C)(C)C)OC(=O)C(NC(=O)OC(C)(C)C)C(C)C)C(C)(C)C. The molecule has 4 N–H and O–H groups in total. The second kappa shape index (κ2) is 37.1. The van der Waals surface area contributed by atoms with Crippen LogP contribution in [0.3, 0.4) is 0 Å². The molecule has 3 rings (SSSR count). The maximum atomic E-state index is 15.0. The van der Waals surface area contributed by atoms with Crippen LogP contribution in [0, 0.1) is 22.7 Å². The van der Waals surface area contributed by atoms with Crippen molar-refractivity contribution in [2.45, 2.75) is 125 Å². The van der Waals surface area contributed by atoms with E-state index in [1.807, 2.05) is 93.6 Å². The van der Waals surface area contributed by atoms with Crippen molar-refractivity contribution in [1.29, 1.82) is 0 Å². The molecule has 0 aliphatic carbocycles. The summed E-state index contributed by atoms with van der Waals surface area (Å²) in [4.78, 5) is 88.3. The predicted octanol–water partition coefficient (Wildman–Crippen LogP) is 7.50. The number of hydrazine groups is 1. The Labute approximate surface area is 491 Å². The normalized spacial score (nSPS) is 13.7. The van der Waals surface area contributed by atoms with Crippen molar-refractivity contribution in [3.63, 3.8) is 0 Å². The second-order valence-electron chi connectivity index (χ2n) is 23.3. The van der Waals surface area contributed by atoms with E-state index in [0.29, 0.717) is 52.9 Å². The van der Waals surface area contributed by atoms with Gasteiger partial charge in [0, 0.05) is 37.8 Å². The quantitative estimate of drug-likeness (QED) is 0.0188. The minimum atomic E-state index is -1.22. The van der Waals surface area contributed by atoms with Gasteiger partial charge in [-0.2, -0.15) is 0 Å². The summed E-state index contributed by atoms with van der Waals surface area (Å²) in [5.41, 5.74) is 3.57. The number of ether oxygens (including phenoxy) is 10. The Hall–Kier alpha value is -6.27. The summed E-state index contributed by atoms with van der Waals surface area (Å²) >= 11 is 0. The molecule has 0 aliphatic heterocycles. The average Bonchev–Trinajstić information content (AvgIpc) is 3.63. The molecule has 1 aromatic heterocycles. The van der Waals surface area contributed by atoms with E-state index >= 15 is 4.79 Å². The lowest BCUT2D eigenvalue weighted by molar-refractivity contribution is -0.159. The summed E-state index contributed by atoms with van der Waals surface area (Å²) < 4.78 is 55.0. The van der Waals surface area contributed by atoms with E-state index in [4.69, 9.17) is 47.4 Å². The first kappa shape index (κ1) is 71.0. The van der Waals surface area contributed by atoms with Crippen LogP contribution in [0.1, 0.15) is 93.7 Å². The van der Waals surface area contributed by atoms with Crippen LogP contribution < -0.4 is 21.4 Å². The van der Waals surface area contributed by atoms with Crippen molar-refractivity contribution in [1.82, 2.24) is 31.4 Å². The van der Waals surface area contributed by atoms with E-state index in [1.54, 1.807) is 73.7 Å². The third-order valence-electron chi connectivity index (χ3n) is 12.6. The van der Waals surface area contributed by atoms with Gasteiger partial charge in [0.2, 0.25) is 0 Å². The smallest absolute Gasteiger partial charge is 0.408 e. The van der Waals surface area contributed by atoms with Gasteiger partial charge in [-0.15, -0.1) is 0 Å². The molecule has 0 saturated heterocycles. The molecular weight excluding hydrogens is 1070 g/mol. The summed E-state index contributed by atoms with van der Waals surface area (Å²) in [5.74, 6) is -3.16. The fraction of sp³-hybridized carbons (Fsp3) is 0.623. The predicted molar refractivity (Wildman–Crippen MR) is 312 cm³/mol. The van der Waals surface area contributed by atoms with Crippen LogP contribution in [-0.4, -0.2) is 176 Å². The lowest BCUT2D eigenvalue weighted by Gasteiger charge is -2.37. The van der Waals surface area contributed by atoms with E-state index in [2.05, 4.69) is 26.4 Å². The van der Waals surface area contributed by atoms with Gasteiger partial charge in [-0.25, -0.2) is 24.2 Å². The Bertz CT molecular complexity index is 2360. The van der Waals surface area contributed by atoms with Crippen molar-refractivity contribution in [2.24, 2.45) is 22.7 Å². The largest absolute Gasteiger partial charge is 0.459 e. The number of nitrogens with one attached hydrogen (secondary N) is 4. The summed E-state index contributed by atoms with van der Waals surface area (Å²) in [7, 11) is 2.82. The van der Waals surface area contributed by atoms with Crippen molar-refractivity contribution >= 4 is 35.9 Å². The highest BCUT2D eigenvalue weighted by molar-refractivity contribution is 5.89. The van der Waals surface area contributed by atoms with E-state index in [0.717, 1.165) is 22.4 Å². The van der Waals surface area contributed by atoms with Crippen LogP contribution in [0.2, 0.25) is 0 Å². The Morgan fingerprint density at radius 1 is 0.578 bits per heavy atom.